The van der Waals surface area contributed by atoms with E-state index in [2.05, 4.69) is 20.7 Å². The van der Waals surface area contributed by atoms with Crippen LogP contribution < -0.4 is 5.32 Å². The minimum absolute atomic E-state index is 0.0743. The smallest absolute Gasteiger partial charge is 0.273 e. The van der Waals surface area contributed by atoms with E-state index in [-0.39, 0.29) is 24.4 Å². The van der Waals surface area contributed by atoms with Crippen LogP contribution in [0.1, 0.15) is 42.2 Å². The standard InChI is InChI=1S/C16H21N7O2/c24-15(11-22-7-1-6-17-22)21-8-4-13(5-9-21)23-10-14(19-20-23)16(25)18-12-2-3-12/h1,6-7,10,12-13H,2-5,8-9,11H2,(H,18,25). The number of likely N-dealkylation sites (tertiary alicyclic amines) is 1. The first kappa shape index (κ1) is 15.8. The Balaban J connectivity index is 1.30. The molecule has 1 aliphatic heterocycles. The number of rotatable bonds is 5. The summed E-state index contributed by atoms with van der Waals surface area (Å²) >= 11 is 0. The van der Waals surface area contributed by atoms with Gasteiger partial charge < -0.3 is 10.2 Å². The second kappa shape index (κ2) is 6.66. The number of nitrogens with one attached hydrogen (secondary N) is 1. The molecule has 2 fully saturated rings. The van der Waals surface area contributed by atoms with Crippen molar-refractivity contribution in [2.24, 2.45) is 0 Å². The number of aromatic nitrogens is 5. The Kier molecular flexibility index (Phi) is 4.21. The number of hydrogen-bond donors (Lipinski definition) is 1. The number of carbonyl (C=O) groups excluding carboxylic acids is 2. The predicted octanol–water partition coefficient (Wildman–Crippen LogP) is 0.230. The third kappa shape index (κ3) is 3.70. The molecule has 1 saturated heterocycles. The Hall–Kier alpha value is -2.71. The summed E-state index contributed by atoms with van der Waals surface area (Å²) in [5.41, 5.74) is 0.365. The topological polar surface area (TPSA) is 97.9 Å². The maximum atomic E-state index is 12.3. The molecular weight excluding hydrogens is 322 g/mol. The first-order chi connectivity index (χ1) is 12.2. The fourth-order valence-corrected chi connectivity index (χ4v) is 3.06. The lowest BCUT2D eigenvalue weighted by Gasteiger charge is -2.31. The van der Waals surface area contributed by atoms with Crippen molar-refractivity contribution in [2.45, 2.75) is 44.3 Å². The van der Waals surface area contributed by atoms with Crippen molar-refractivity contribution >= 4 is 11.8 Å². The van der Waals surface area contributed by atoms with Gasteiger partial charge in [0.15, 0.2) is 5.69 Å². The number of amides is 2. The molecule has 4 rings (SSSR count). The summed E-state index contributed by atoms with van der Waals surface area (Å²) in [5, 5.41) is 15.1. The molecule has 0 radical (unpaired) electrons. The van der Waals surface area contributed by atoms with Crippen molar-refractivity contribution in [3.8, 4) is 0 Å². The lowest BCUT2D eigenvalue weighted by molar-refractivity contribution is -0.133. The van der Waals surface area contributed by atoms with Gasteiger partial charge in [0.05, 0.1) is 12.2 Å². The molecule has 9 heteroatoms. The van der Waals surface area contributed by atoms with Crippen molar-refractivity contribution in [1.29, 1.82) is 0 Å². The highest BCUT2D eigenvalue weighted by Crippen LogP contribution is 2.22. The van der Waals surface area contributed by atoms with E-state index in [0.29, 0.717) is 24.8 Å². The maximum Gasteiger partial charge on any atom is 0.273 e. The molecule has 2 aromatic rings. The molecule has 0 aromatic carbocycles. The van der Waals surface area contributed by atoms with E-state index in [9.17, 15) is 9.59 Å². The molecule has 0 spiro atoms. The van der Waals surface area contributed by atoms with Gasteiger partial charge in [0.1, 0.15) is 6.54 Å². The summed E-state index contributed by atoms with van der Waals surface area (Å²) in [7, 11) is 0. The van der Waals surface area contributed by atoms with Crippen LogP contribution in [0.4, 0.5) is 0 Å². The van der Waals surface area contributed by atoms with Crippen molar-refractivity contribution in [1.82, 2.24) is 35.0 Å². The molecule has 2 amide bonds. The highest BCUT2D eigenvalue weighted by Gasteiger charge is 2.27. The second-order valence-corrected chi connectivity index (χ2v) is 6.65. The highest BCUT2D eigenvalue weighted by molar-refractivity contribution is 5.92. The van der Waals surface area contributed by atoms with E-state index in [1.807, 2.05) is 4.90 Å². The van der Waals surface area contributed by atoms with E-state index in [0.717, 1.165) is 25.7 Å². The normalized spacial score (nSPS) is 18.3. The Labute approximate surface area is 145 Å². The van der Waals surface area contributed by atoms with Crippen LogP contribution in [0.3, 0.4) is 0 Å². The summed E-state index contributed by atoms with van der Waals surface area (Å²) in [6.07, 6.45) is 8.87. The van der Waals surface area contributed by atoms with Crippen LogP contribution >= 0.6 is 0 Å². The zero-order valence-corrected chi connectivity index (χ0v) is 13.9. The van der Waals surface area contributed by atoms with E-state index < -0.39 is 0 Å². The van der Waals surface area contributed by atoms with Crippen LogP contribution in [-0.2, 0) is 11.3 Å². The molecule has 132 valence electrons. The lowest BCUT2D eigenvalue weighted by atomic mass is 10.1. The van der Waals surface area contributed by atoms with Crippen molar-refractivity contribution in [3.05, 3.63) is 30.4 Å². The van der Waals surface area contributed by atoms with E-state index >= 15 is 0 Å². The van der Waals surface area contributed by atoms with Crippen molar-refractivity contribution in [2.75, 3.05) is 13.1 Å². The lowest BCUT2D eigenvalue weighted by Crippen LogP contribution is -2.40. The van der Waals surface area contributed by atoms with Gasteiger partial charge >= 0.3 is 0 Å². The first-order valence-corrected chi connectivity index (χ1v) is 8.67. The molecule has 0 unspecified atom stereocenters. The van der Waals surface area contributed by atoms with Gasteiger partial charge in [-0.15, -0.1) is 5.10 Å². The van der Waals surface area contributed by atoms with Crippen LogP contribution in [-0.4, -0.2) is 60.6 Å². The Bertz CT molecular complexity index is 742. The molecule has 2 aliphatic rings. The van der Waals surface area contributed by atoms with Gasteiger partial charge in [-0.05, 0) is 31.7 Å². The van der Waals surface area contributed by atoms with Gasteiger partial charge in [-0.3, -0.25) is 14.3 Å². The molecule has 1 aliphatic carbocycles. The summed E-state index contributed by atoms with van der Waals surface area (Å²) < 4.78 is 3.40. The van der Waals surface area contributed by atoms with Crippen LogP contribution in [0.2, 0.25) is 0 Å². The minimum Gasteiger partial charge on any atom is -0.348 e. The van der Waals surface area contributed by atoms with Gasteiger partial charge in [0.2, 0.25) is 5.91 Å². The van der Waals surface area contributed by atoms with E-state index in [1.165, 1.54) is 0 Å². The quantitative estimate of drug-likeness (QED) is 0.838. The van der Waals surface area contributed by atoms with Crippen molar-refractivity contribution in [3.63, 3.8) is 0 Å². The van der Waals surface area contributed by atoms with E-state index in [4.69, 9.17) is 0 Å². The minimum atomic E-state index is -0.152. The fraction of sp³-hybridized carbons (Fsp3) is 0.562. The third-order valence-corrected chi connectivity index (χ3v) is 4.70. The zero-order chi connectivity index (χ0) is 17.2. The molecule has 25 heavy (non-hydrogen) atoms. The largest absolute Gasteiger partial charge is 0.348 e. The molecule has 3 heterocycles. The Morgan fingerprint density at radius 3 is 2.68 bits per heavy atom. The Morgan fingerprint density at radius 2 is 2.00 bits per heavy atom. The maximum absolute atomic E-state index is 12.3. The van der Waals surface area contributed by atoms with Crippen LogP contribution in [0.15, 0.2) is 24.7 Å². The molecule has 9 nitrogen and oxygen atoms in total. The van der Waals surface area contributed by atoms with Gasteiger partial charge in [-0.1, -0.05) is 5.21 Å². The molecule has 0 bridgehead atoms. The van der Waals surface area contributed by atoms with Crippen LogP contribution in [0, 0.1) is 0 Å². The fourth-order valence-electron chi connectivity index (χ4n) is 3.06. The highest BCUT2D eigenvalue weighted by atomic mass is 16.2. The average molecular weight is 343 g/mol. The van der Waals surface area contributed by atoms with Gasteiger partial charge in [-0.2, -0.15) is 5.10 Å². The summed E-state index contributed by atoms with van der Waals surface area (Å²) in [6, 6.07) is 2.28. The second-order valence-electron chi connectivity index (χ2n) is 6.65. The van der Waals surface area contributed by atoms with Crippen molar-refractivity contribution < 1.29 is 9.59 Å². The Morgan fingerprint density at radius 1 is 1.20 bits per heavy atom. The summed E-state index contributed by atoms with van der Waals surface area (Å²) in [6.45, 7) is 1.62. The summed E-state index contributed by atoms with van der Waals surface area (Å²) in [5.74, 6) is -0.0779. The van der Waals surface area contributed by atoms with E-state index in [1.54, 1.807) is 34.0 Å². The van der Waals surface area contributed by atoms with Gasteiger partial charge in [-0.25, -0.2) is 4.68 Å². The monoisotopic (exact) mass is 343 g/mol. The number of hydrogen-bond acceptors (Lipinski definition) is 5. The average Bonchev–Trinajstić information content (AvgIpc) is 3.11. The number of carbonyl (C=O) groups is 2. The molecule has 1 saturated carbocycles. The van der Waals surface area contributed by atoms with Gasteiger partial charge in [0.25, 0.3) is 5.91 Å². The number of piperidine rings is 1. The molecular formula is C16H21N7O2. The van der Waals surface area contributed by atoms with Gasteiger partial charge in [0, 0.05) is 31.5 Å². The SMILES string of the molecule is O=C(NC1CC1)c1cn(C2CCN(C(=O)Cn3cccn3)CC2)nn1. The predicted molar refractivity (Wildman–Crippen MR) is 87.6 cm³/mol. The molecule has 0 atom stereocenters. The molecule has 1 N–H and O–H groups in total. The molecule has 2 aromatic heterocycles. The van der Waals surface area contributed by atoms with Crippen LogP contribution in [0.5, 0.6) is 0 Å². The third-order valence-electron chi connectivity index (χ3n) is 4.70. The first-order valence-electron chi connectivity index (χ1n) is 8.67. The summed E-state index contributed by atoms with van der Waals surface area (Å²) in [4.78, 5) is 26.1. The zero-order valence-electron chi connectivity index (χ0n) is 13.9. The van der Waals surface area contributed by atoms with Crippen LogP contribution in [0.25, 0.3) is 0 Å². The number of nitrogens with zero attached hydrogens (tertiary/aromatic N) is 6.